The second kappa shape index (κ2) is 7.79. The molecule has 3 rings (SSSR count). The molecular weight excluding hydrogens is 354 g/mol. The van der Waals surface area contributed by atoms with Crippen molar-refractivity contribution in [3.8, 4) is 0 Å². The van der Waals surface area contributed by atoms with E-state index in [1.165, 1.54) is 12.1 Å². The molecule has 1 aromatic carbocycles. The molecule has 26 heavy (non-hydrogen) atoms. The first-order chi connectivity index (χ1) is 12.4. The number of amides is 1. The summed E-state index contributed by atoms with van der Waals surface area (Å²) in [7, 11) is -3.69. The van der Waals surface area contributed by atoms with E-state index in [0.717, 1.165) is 31.5 Å². The van der Waals surface area contributed by atoms with Crippen LogP contribution in [0.25, 0.3) is 0 Å². The summed E-state index contributed by atoms with van der Waals surface area (Å²) in [4.78, 5) is 23.0. The fraction of sp³-hybridized carbons (Fsp3) is 0.353. The lowest BCUT2D eigenvalue weighted by Crippen LogP contribution is -2.28. The Hall–Kier alpha value is -2.52. The molecule has 1 saturated heterocycles. The van der Waals surface area contributed by atoms with Crippen LogP contribution in [0.5, 0.6) is 0 Å². The highest BCUT2D eigenvalue weighted by Gasteiger charge is 2.16. The van der Waals surface area contributed by atoms with E-state index in [-0.39, 0.29) is 10.8 Å². The molecule has 1 aliphatic heterocycles. The van der Waals surface area contributed by atoms with E-state index in [1.807, 2.05) is 0 Å². The highest BCUT2D eigenvalue weighted by atomic mass is 32.2. The summed E-state index contributed by atoms with van der Waals surface area (Å²) < 4.78 is 22.5. The van der Waals surface area contributed by atoms with E-state index >= 15 is 0 Å². The van der Waals surface area contributed by atoms with Crippen LogP contribution in [0.15, 0.2) is 41.4 Å². The number of aromatic nitrogens is 2. The number of nitrogens with one attached hydrogen (secondary N) is 1. The third-order valence-corrected chi connectivity index (χ3v) is 5.14. The monoisotopic (exact) mass is 375 g/mol. The van der Waals surface area contributed by atoms with Gasteiger partial charge in [-0.1, -0.05) is 12.1 Å². The lowest BCUT2D eigenvalue weighted by atomic mass is 10.1. The zero-order valence-corrected chi connectivity index (χ0v) is 15.1. The molecule has 1 aliphatic rings. The van der Waals surface area contributed by atoms with E-state index in [2.05, 4.69) is 20.2 Å². The molecule has 9 heteroatoms. The Labute approximate surface area is 152 Å². The third kappa shape index (κ3) is 4.55. The Morgan fingerprint density at radius 3 is 2.50 bits per heavy atom. The topological polar surface area (TPSA) is 118 Å². The zero-order chi connectivity index (χ0) is 18.6. The number of nitrogens with two attached hydrogens (primary N) is 1. The second-order valence-electron chi connectivity index (χ2n) is 6.13. The van der Waals surface area contributed by atoms with Crippen molar-refractivity contribution >= 4 is 21.9 Å². The second-order valence-corrected chi connectivity index (χ2v) is 7.69. The van der Waals surface area contributed by atoms with Gasteiger partial charge in [0.1, 0.15) is 5.69 Å². The Kier molecular flexibility index (Phi) is 5.48. The van der Waals surface area contributed by atoms with Crippen molar-refractivity contribution in [1.82, 2.24) is 15.3 Å². The lowest BCUT2D eigenvalue weighted by Gasteiger charge is -2.15. The normalized spacial score (nSPS) is 14.4. The van der Waals surface area contributed by atoms with Crippen molar-refractivity contribution in [3.05, 3.63) is 47.8 Å². The minimum atomic E-state index is -3.69. The van der Waals surface area contributed by atoms with Crippen LogP contribution in [0.1, 0.15) is 28.9 Å². The summed E-state index contributed by atoms with van der Waals surface area (Å²) in [6, 6.07) is 7.87. The molecule has 0 aliphatic carbocycles. The summed E-state index contributed by atoms with van der Waals surface area (Å²) in [5.41, 5.74) is 1.24. The van der Waals surface area contributed by atoms with E-state index in [1.54, 1.807) is 24.4 Å². The molecule has 1 fully saturated rings. The van der Waals surface area contributed by atoms with Gasteiger partial charge in [0.25, 0.3) is 5.91 Å². The molecule has 0 saturated carbocycles. The average molecular weight is 375 g/mol. The summed E-state index contributed by atoms with van der Waals surface area (Å²) in [5, 5.41) is 7.89. The van der Waals surface area contributed by atoms with Crippen LogP contribution >= 0.6 is 0 Å². The molecule has 2 aromatic rings. The van der Waals surface area contributed by atoms with Crippen molar-refractivity contribution in [2.75, 3.05) is 24.5 Å². The molecule has 0 radical (unpaired) electrons. The predicted molar refractivity (Wildman–Crippen MR) is 97.3 cm³/mol. The number of benzene rings is 1. The van der Waals surface area contributed by atoms with Crippen LogP contribution in [0.2, 0.25) is 0 Å². The Morgan fingerprint density at radius 2 is 1.85 bits per heavy atom. The maximum atomic E-state index is 12.3. The van der Waals surface area contributed by atoms with Crippen LogP contribution < -0.4 is 15.4 Å². The smallest absolute Gasteiger partial charge is 0.270 e. The Bertz CT molecular complexity index is 878. The first kappa shape index (κ1) is 18.3. The van der Waals surface area contributed by atoms with Crippen LogP contribution in [-0.4, -0.2) is 43.9 Å². The van der Waals surface area contributed by atoms with Crippen LogP contribution in [0.3, 0.4) is 0 Å². The van der Waals surface area contributed by atoms with Crippen molar-refractivity contribution in [3.63, 3.8) is 0 Å². The van der Waals surface area contributed by atoms with Crippen molar-refractivity contribution in [1.29, 1.82) is 0 Å². The number of rotatable bonds is 6. The highest BCUT2D eigenvalue weighted by molar-refractivity contribution is 7.89. The van der Waals surface area contributed by atoms with Crippen LogP contribution in [-0.2, 0) is 16.4 Å². The molecule has 1 amide bonds. The molecule has 0 unspecified atom stereocenters. The standard InChI is InChI=1S/C17H21N5O3S/c18-26(24,25)14-5-3-13(4-6-14)7-9-19-16(23)15-8-10-20-17(21-15)22-11-1-2-12-22/h3-6,8,10H,1-2,7,9,11-12H2,(H,19,23)(H2,18,24,25). The number of hydrogen-bond donors (Lipinski definition) is 2. The summed E-state index contributed by atoms with van der Waals surface area (Å²) in [5.74, 6) is 0.336. The Balaban J connectivity index is 1.55. The van der Waals surface area contributed by atoms with Gasteiger partial charge in [-0.25, -0.2) is 23.5 Å². The van der Waals surface area contributed by atoms with Crippen molar-refractivity contribution in [2.24, 2.45) is 5.14 Å². The van der Waals surface area contributed by atoms with Crippen LogP contribution in [0.4, 0.5) is 5.95 Å². The number of sulfonamides is 1. The molecular formula is C17H21N5O3S. The van der Waals surface area contributed by atoms with Crippen molar-refractivity contribution in [2.45, 2.75) is 24.2 Å². The fourth-order valence-electron chi connectivity index (χ4n) is 2.80. The zero-order valence-electron chi connectivity index (χ0n) is 14.3. The summed E-state index contributed by atoms with van der Waals surface area (Å²) in [6.45, 7) is 2.25. The molecule has 3 N–H and O–H groups in total. The number of primary sulfonamides is 1. The summed E-state index contributed by atoms with van der Waals surface area (Å²) >= 11 is 0. The predicted octanol–water partition coefficient (Wildman–Crippen LogP) is 0.697. The molecule has 0 bridgehead atoms. The maximum Gasteiger partial charge on any atom is 0.270 e. The minimum absolute atomic E-state index is 0.0701. The largest absolute Gasteiger partial charge is 0.350 e. The number of hydrogen-bond acceptors (Lipinski definition) is 6. The highest BCUT2D eigenvalue weighted by Crippen LogP contribution is 2.15. The van der Waals surface area contributed by atoms with E-state index < -0.39 is 10.0 Å². The van der Waals surface area contributed by atoms with Gasteiger partial charge in [0.2, 0.25) is 16.0 Å². The van der Waals surface area contributed by atoms with E-state index in [0.29, 0.717) is 24.6 Å². The summed E-state index contributed by atoms with van der Waals surface area (Å²) in [6.07, 6.45) is 4.40. The maximum absolute atomic E-state index is 12.3. The molecule has 138 valence electrons. The van der Waals surface area contributed by atoms with E-state index in [4.69, 9.17) is 5.14 Å². The van der Waals surface area contributed by atoms with Gasteiger partial charge in [-0.05, 0) is 43.0 Å². The number of nitrogens with zero attached hydrogens (tertiary/aromatic N) is 3. The first-order valence-corrected chi connectivity index (χ1v) is 9.96. The van der Waals surface area contributed by atoms with Gasteiger partial charge in [-0.3, -0.25) is 4.79 Å². The molecule has 0 spiro atoms. The molecule has 0 atom stereocenters. The molecule has 1 aromatic heterocycles. The SMILES string of the molecule is NS(=O)(=O)c1ccc(CCNC(=O)c2ccnc(N3CCCC3)n2)cc1. The van der Waals surface area contributed by atoms with E-state index in [9.17, 15) is 13.2 Å². The van der Waals surface area contributed by atoms with Gasteiger partial charge in [0.05, 0.1) is 4.90 Å². The molecule has 2 heterocycles. The quantitative estimate of drug-likeness (QED) is 0.767. The van der Waals surface area contributed by atoms with Gasteiger partial charge < -0.3 is 10.2 Å². The fourth-order valence-corrected chi connectivity index (χ4v) is 3.32. The van der Waals surface area contributed by atoms with Crippen molar-refractivity contribution < 1.29 is 13.2 Å². The Morgan fingerprint density at radius 1 is 1.15 bits per heavy atom. The minimum Gasteiger partial charge on any atom is -0.350 e. The number of anilines is 1. The first-order valence-electron chi connectivity index (χ1n) is 8.41. The van der Waals surface area contributed by atoms with Gasteiger partial charge in [-0.2, -0.15) is 0 Å². The molecule has 8 nitrogen and oxygen atoms in total. The average Bonchev–Trinajstić information content (AvgIpc) is 3.16. The number of carbonyl (C=O) groups is 1. The van der Waals surface area contributed by atoms with Gasteiger partial charge >= 0.3 is 0 Å². The number of carbonyl (C=O) groups excluding carboxylic acids is 1. The van der Waals surface area contributed by atoms with Gasteiger partial charge in [-0.15, -0.1) is 0 Å². The van der Waals surface area contributed by atoms with Crippen LogP contribution in [0, 0.1) is 0 Å². The van der Waals surface area contributed by atoms with Gasteiger partial charge in [0, 0.05) is 25.8 Å². The van der Waals surface area contributed by atoms with Gasteiger partial charge in [0.15, 0.2) is 0 Å². The third-order valence-electron chi connectivity index (χ3n) is 4.22. The lowest BCUT2D eigenvalue weighted by molar-refractivity contribution is 0.0949.